The van der Waals surface area contributed by atoms with Gasteiger partial charge in [-0.15, -0.1) is 13.2 Å². The second-order valence-electron chi connectivity index (χ2n) is 7.02. The molecule has 0 aromatic carbocycles. The van der Waals surface area contributed by atoms with Crippen LogP contribution >= 0.6 is 0 Å². The first-order valence-electron chi connectivity index (χ1n) is 10.2. The highest BCUT2D eigenvalue weighted by molar-refractivity contribution is 5.74. The molecule has 0 fully saturated rings. The molecule has 1 N–H and O–H groups in total. The summed E-state index contributed by atoms with van der Waals surface area (Å²) >= 11 is 0. The van der Waals surface area contributed by atoms with Gasteiger partial charge in [0.2, 0.25) is 0 Å². The van der Waals surface area contributed by atoms with E-state index in [1.165, 1.54) is 0 Å². The second kappa shape index (κ2) is 16.4. The van der Waals surface area contributed by atoms with Gasteiger partial charge in [0.15, 0.2) is 0 Å². The minimum atomic E-state index is -0.635. The van der Waals surface area contributed by atoms with Crippen LogP contribution in [-0.2, 0) is 9.53 Å². The molecule has 0 rings (SSSR count). The van der Waals surface area contributed by atoms with E-state index in [2.05, 4.69) is 13.2 Å². The van der Waals surface area contributed by atoms with E-state index in [1.54, 1.807) is 0 Å². The molecule has 0 amide bonds. The van der Waals surface area contributed by atoms with Crippen LogP contribution in [0.5, 0.6) is 0 Å². The quantitative estimate of drug-likeness (QED) is 0.212. The number of ether oxygens (including phenoxy) is 1. The van der Waals surface area contributed by atoms with Crippen molar-refractivity contribution in [3.63, 3.8) is 0 Å². The molecule has 146 valence electrons. The number of carbonyl (C=O) groups is 1. The monoisotopic (exact) mass is 352 g/mol. The van der Waals surface area contributed by atoms with Gasteiger partial charge in [-0.1, -0.05) is 50.7 Å². The van der Waals surface area contributed by atoms with Crippen molar-refractivity contribution in [2.24, 2.45) is 5.41 Å². The van der Waals surface area contributed by atoms with Crippen LogP contribution in [0.4, 0.5) is 0 Å². The number of carboxylic acids is 1. The molecule has 0 aromatic rings. The highest BCUT2D eigenvalue weighted by atomic mass is 16.5. The summed E-state index contributed by atoms with van der Waals surface area (Å²) in [4.78, 5) is 12.1. The molecule has 0 aromatic heterocycles. The zero-order valence-corrected chi connectivity index (χ0v) is 16.4. The number of allylic oxidation sites excluding steroid dienone is 2. The molecule has 0 saturated heterocycles. The van der Waals surface area contributed by atoms with Gasteiger partial charge >= 0.3 is 5.97 Å². The zero-order valence-electron chi connectivity index (χ0n) is 16.4. The molecule has 0 aliphatic carbocycles. The van der Waals surface area contributed by atoms with E-state index in [0.717, 1.165) is 77.0 Å². The van der Waals surface area contributed by atoms with Crippen molar-refractivity contribution in [2.45, 2.75) is 90.4 Å². The first kappa shape index (κ1) is 23.9. The normalized spacial score (nSPS) is 11.4. The van der Waals surface area contributed by atoms with Crippen LogP contribution in [-0.4, -0.2) is 24.3 Å². The summed E-state index contributed by atoms with van der Waals surface area (Å²) in [7, 11) is 0. The Balaban J connectivity index is 4.44. The average molecular weight is 353 g/mol. The Labute approximate surface area is 155 Å². The van der Waals surface area contributed by atoms with Crippen molar-refractivity contribution in [3.8, 4) is 0 Å². The molecular formula is C22H40O3. The molecule has 25 heavy (non-hydrogen) atoms. The Hall–Kier alpha value is -1.09. The molecule has 0 saturated carbocycles. The molecule has 3 nitrogen and oxygen atoms in total. The summed E-state index contributed by atoms with van der Waals surface area (Å²) in [6.07, 6.45) is 17.0. The van der Waals surface area contributed by atoms with Crippen molar-refractivity contribution in [1.82, 2.24) is 0 Å². The van der Waals surface area contributed by atoms with E-state index in [9.17, 15) is 9.90 Å². The Bertz CT molecular complexity index is 329. The predicted molar refractivity (Wildman–Crippen MR) is 107 cm³/mol. The lowest BCUT2D eigenvalue weighted by molar-refractivity contribution is -0.151. The molecule has 0 aliphatic rings. The summed E-state index contributed by atoms with van der Waals surface area (Å²) in [5.41, 5.74) is -0.605. The van der Waals surface area contributed by atoms with Crippen molar-refractivity contribution >= 4 is 5.97 Å². The molecule has 0 aliphatic heterocycles. The summed E-state index contributed by atoms with van der Waals surface area (Å²) in [6, 6.07) is 0. The fourth-order valence-electron chi connectivity index (χ4n) is 3.32. The standard InChI is InChI=1S/C22H40O3/c1-4-7-9-11-13-15-17-22(21(23)24,19-20-25-6-3)18-16-14-12-10-8-5-2/h4-5H,1-2,6-20H2,3H3,(H,23,24). The Morgan fingerprint density at radius 3 is 1.76 bits per heavy atom. The van der Waals surface area contributed by atoms with E-state index < -0.39 is 11.4 Å². The lowest BCUT2D eigenvalue weighted by Crippen LogP contribution is -2.32. The van der Waals surface area contributed by atoms with Crippen LogP contribution in [0.2, 0.25) is 0 Å². The molecule has 0 radical (unpaired) electrons. The van der Waals surface area contributed by atoms with Crippen molar-refractivity contribution < 1.29 is 14.6 Å². The van der Waals surface area contributed by atoms with Crippen LogP contribution in [0.3, 0.4) is 0 Å². The Kier molecular flexibility index (Phi) is 15.7. The summed E-state index contributed by atoms with van der Waals surface area (Å²) in [6.45, 7) is 10.7. The van der Waals surface area contributed by atoms with Gasteiger partial charge in [-0.25, -0.2) is 0 Å². The largest absolute Gasteiger partial charge is 0.481 e. The maximum absolute atomic E-state index is 12.1. The smallest absolute Gasteiger partial charge is 0.309 e. The van der Waals surface area contributed by atoms with Crippen molar-refractivity contribution in [2.75, 3.05) is 13.2 Å². The highest BCUT2D eigenvalue weighted by Gasteiger charge is 2.36. The van der Waals surface area contributed by atoms with E-state index in [-0.39, 0.29) is 0 Å². The minimum Gasteiger partial charge on any atom is -0.481 e. The van der Waals surface area contributed by atoms with E-state index in [0.29, 0.717) is 19.6 Å². The first-order chi connectivity index (χ1) is 12.1. The van der Waals surface area contributed by atoms with Gasteiger partial charge in [-0.05, 0) is 51.9 Å². The van der Waals surface area contributed by atoms with Gasteiger partial charge in [-0.2, -0.15) is 0 Å². The molecule has 0 unspecified atom stereocenters. The summed E-state index contributed by atoms with van der Waals surface area (Å²) in [5, 5.41) is 9.92. The number of aliphatic carboxylic acids is 1. The third kappa shape index (κ3) is 12.0. The Morgan fingerprint density at radius 1 is 0.880 bits per heavy atom. The molecule has 0 heterocycles. The van der Waals surface area contributed by atoms with Crippen molar-refractivity contribution in [3.05, 3.63) is 25.3 Å². The average Bonchev–Trinajstić information content (AvgIpc) is 2.60. The van der Waals surface area contributed by atoms with E-state index >= 15 is 0 Å². The summed E-state index contributed by atoms with van der Waals surface area (Å²) in [5.74, 6) is -0.635. The molecule has 0 spiro atoms. The highest BCUT2D eigenvalue weighted by Crippen LogP contribution is 2.36. The minimum absolute atomic E-state index is 0.551. The topological polar surface area (TPSA) is 46.5 Å². The first-order valence-corrected chi connectivity index (χ1v) is 10.2. The van der Waals surface area contributed by atoms with Gasteiger partial charge in [-0.3, -0.25) is 4.79 Å². The molecule has 0 bridgehead atoms. The number of rotatable bonds is 19. The molecular weight excluding hydrogens is 312 g/mol. The predicted octanol–water partition coefficient (Wildman–Crippen LogP) is 6.54. The molecule has 3 heteroatoms. The van der Waals surface area contributed by atoms with E-state index in [4.69, 9.17) is 4.74 Å². The third-order valence-corrected chi connectivity index (χ3v) is 5.01. The van der Waals surface area contributed by atoms with Crippen LogP contribution in [0.15, 0.2) is 25.3 Å². The van der Waals surface area contributed by atoms with Gasteiger partial charge in [0, 0.05) is 13.2 Å². The number of hydrogen-bond donors (Lipinski definition) is 1. The maximum atomic E-state index is 12.1. The molecule has 0 atom stereocenters. The lowest BCUT2D eigenvalue weighted by atomic mass is 9.75. The van der Waals surface area contributed by atoms with Crippen molar-refractivity contribution in [1.29, 1.82) is 0 Å². The Morgan fingerprint density at radius 2 is 1.36 bits per heavy atom. The zero-order chi connectivity index (χ0) is 18.8. The van der Waals surface area contributed by atoms with Gasteiger partial charge in [0.05, 0.1) is 5.41 Å². The fraction of sp³-hybridized carbons (Fsp3) is 0.773. The second-order valence-corrected chi connectivity index (χ2v) is 7.02. The van der Waals surface area contributed by atoms with Gasteiger partial charge < -0.3 is 9.84 Å². The van der Waals surface area contributed by atoms with Crippen LogP contribution in [0.25, 0.3) is 0 Å². The number of carboxylic acid groups (broad SMARTS) is 1. The number of unbranched alkanes of at least 4 members (excludes halogenated alkanes) is 8. The van der Waals surface area contributed by atoms with E-state index in [1.807, 2.05) is 19.1 Å². The number of hydrogen-bond acceptors (Lipinski definition) is 2. The van der Waals surface area contributed by atoms with Gasteiger partial charge in [0.25, 0.3) is 0 Å². The van der Waals surface area contributed by atoms with Gasteiger partial charge in [0.1, 0.15) is 0 Å². The SMILES string of the molecule is C=CCCCCCCC(CCCCCCC=C)(CCOCC)C(=O)O. The lowest BCUT2D eigenvalue weighted by Gasteiger charge is -2.30. The third-order valence-electron chi connectivity index (χ3n) is 5.01. The van der Waals surface area contributed by atoms with Crippen LogP contribution in [0.1, 0.15) is 90.4 Å². The maximum Gasteiger partial charge on any atom is 0.309 e. The van der Waals surface area contributed by atoms with Crippen LogP contribution in [0, 0.1) is 5.41 Å². The van der Waals surface area contributed by atoms with Crippen LogP contribution < -0.4 is 0 Å². The summed E-state index contributed by atoms with van der Waals surface area (Å²) < 4.78 is 5.47. The fourth-order valence-corrected chi connectivity index (χ4v) is 3.32.